The molecule has 0 radical (unpaired) electrons. The zero-order valence-electron chi connectivity index (χ0n) is 16.1. The standard InChI is InChI=1S/C21H21NO6/c1-5-26-14-7-8-15-17(12-14)27-19(20(15)23)11-13-6-9-16(18(10-13)25-4)28-21(24)22(2)3/h6-12H,5H2,1-4H3/b19-11+. The second-order valence-electron chi connectivity index (χ2n) is 6.20. The molecule has 0 spiro atoms. The Morgan fingerprint density at radius 2 is 1.93 bits per heavy atom. The maximum atomic E-state index is 12.6. The van der Waals surface area contributed by atoms with Gasteiger partial charge in [-0.1, -0.05) is 6.07 Å². The summed E-state index contributed by atoms with van der Waals surface area (Å²) in [6.45, 7) is 2.41. The molecular formula is C21H21NO6. The van der Waals surface area contributed by atoms with Crippen LogP contribution in [0.2, 0.25) is 0 Å². The molecular weight excluding hydrogens is 362 g/mol. The van der Waals surface area contributed by atoms with E-state index in [-0.39, 0.29) is 17.3 Å². The third kappa shape index (κ3) is 3.93. The summed E-state index contributed by atoms with van der Waals surface area (Å²) in [5, 5.41) is 0. The monoisotopic (exact) mass is 383 g/mol. The van der Waals surface area contributed by atoms with Gasteiger partial charge in [0.05, 0.1) is 19.3 Å². The fraction of sp³-hybridized carbons (Fsp3) is 0.238. The number of rotatable bonds is 5. The van der Waals surface area contributed by atoms with E-state index >= 15 is 0 Å². The van der Waals surface area contributed by atoms with Crippen LogP contribution in [0.15, 0.2) is 42.2 Å². The third-order valence-corrected chi connectivity index (χ3v) is 4.00. The van der Waals surface area contributed by atoms with Crippen molar-refractivity contribution in [3.8, 4) is 23.0 Å². The van der Waals surface area contributed by atoms with Crippen molar-refractivity contribution < 1.29 is 28.5 Å². The predicted octanol–water partition coefficient (Wildman–Crippen LogP) is 3.77. The number of allylic oxidation sites excluding steroid dienone is 1. The van der Waals surface area contributed by atoms with Gasteiger partial charge in [-0.25, -0.2) is 4.79 Å². The molecule has 0 aromatic heterocycles. The van der Waals surface area contributed by atoms with Gasteiger partial charge in [0.1, 0.15) is 11.5 Å². The van der Waals surface area contributed by atoms with Gasteiger partial charge in [0, 0.05) is 20.2 Å². The first-order chi connectivity index (χ1) is 13.4. The molecule has 0 N–H and O–H groups in total. The largest absolute Gasteiger partial charge is 0.494 e. The molecule has 3 rings (SSSR count). The summed E-state index contributed by atoms with van der Waals surface area (Å²) in [6, 6.07) is 10.1. The molecule has 146 valence electrons. The van der Waals surface area contributed by atoms with Crippen LogP contribution in [0.4, 0.5) is 4.79 Å². The van der Waals surface area contributed by atoms with Crippen molar-refractivity contribution in [2.45, 2.75) is 6.92 Å². The Labute approximate surface area is 163 Å². The summed E-state index contributed by atoms with van der Waals surface area (Å²) in [5.74, 6) is 1.75. The normalized spacial score (nSPS) is 13.7. The van der Waals surface area contributed by atoms with E-state index in [1.165, 1.54) is 12.0 Å². The summed E-state index contributed by atoms with van der Waals surface area (Å²) >= 11 is 0. The van der Waals surface area contributed by atoms with Crippen molar-refractivity contribution in [3.05, 3.63) is 53.3 Å². The molecule has 0 unspecified atom stereocenters. The van der Waals surface area contributed by atoms with E-state index in [0.717, 1.165) is 0 Å². The number of fused-ring (bicyclic) bond motifs is 1. The highest BCUT2D eigenvalue weighted by molar-refractivity contribution is 6.14. The molecule has 1 heterocycles. The quantitative estimate of drug-likeness (QED) is 0.732. The molecule has 28 heavy (non-hydrogen) atoms. The van der Waals surface area contributed by atoms with Crippen LogP contribution >= 0.6 is 0 Å². The van der Waals surface area contributed by atoms with Gasteiger partial charge >= 0.3 is 6.09 Å². The van der Waals surface area contributed by atoms with Crippen molar-refractivity contribution >= 4 is 18.0 Å². The number of ketones is 1. The highest BCUT2D eigenvalue weighted by Crippen LogP contribution is 2.36. The predicted molar refractivity (Wildman–Crippen MR) is 103 cm³/mol. The minimum atomic E-state index is -0.515. The molecule has 1 amide bonds. The van der Waals surface area contributed by atoms with Crippen molar-refractivity contribution in [1.29, 1.82) is 0 Å². The van der Waals surface area contributed by atoms with Crippen LogP contribution in [-0.2, 0) is 0 Å². The van der Waals surface area contributed by atoms with Gasteiger partial charge in [0.2, 0.25) is 5.78 Å². The Morgan fingerprint density at radius 3 is 2.61 bits per heavy atom. The van der Waals surface area contributed by atoms with Gasteiger partial charge < -0.3 is 23.8 Å². The first-order valence-corrected chi connectivity index (χ1v) is 8.71. The first-order valence-electron chi connectivity index (χ1n) is 8.71. The Kier molecular flexibility index (Phi) is 5.54. The molecule has 7 heteroatoms. The molecule has 0 aliphatic carbocycles. The van der Waals surface area contributed by atoms with E-state index in [1.54, 1.807) is 56.6 Å². The Bertz CT molecular complexity index is 948. The molecule has 0 saturated heterocycles. The van der Waals surface area contributed by atoms with E-state index < -0.39 is 6.09 Å². The Morgan fingerprint density at radius 1 is 1.14 bits per heavy atom. The van der Waals surface area contributed by atoms with Crippen LogP contribution in [0.25, 0.3) is 6.08 Å². The number of amides is 1. The SMILES string of the molecule is CCOc1ccc2c(c1)O/C(=C/c1ccc(OC(=O)N(C)C)c(OC)c1)C2=O. The van der Waals surface area contributed by atoms with Gasteiger partial charge in [-0.2, -0.15) is 0 Å². The van der Waals surface area contributed by atoms with E-state index in [2.05, 4.69) is 0 Å². The lowest BCUT2D eigenvalue weighted by atomic mass is 10.1. The van der Waals surface area contributed by atoms with Crippen molar-refractivity contribution in [2.75, 3.05) is 27.8 Å². The highest BCUT2D eigenvalue weighted by Gasteiger charge is 2.27. The summed E-state index contributed by atoms with van der Waals surface area (Å²) in [6.07, 6.45) is 1.10. The molecule has 0 fully saturated rings. The van der Waals surface area contributed by atoms with Crippen molar-refractivity contribution in [2.24, 2.45) is 0 Å². The van der Waals surface area contributed by atoms with Crippen molar-refractivity contribution in [3.63, 3.8) is 0 Å². The smallest absolute Gasteiger partial charge is 0.414 e. The van der Waals surface area contributed by atoms with Crippen molar-refractivity contribution in [1.82, 2.24) is 4.90 Å². The summed E-state index contributed by atoms with van der Waals surface area (Å²) in [4.78, 5) is 25.6. The van der Waals surface area contributed by atoms with Gasteiger partial charge in [0.25, 0.3) is 0 Å². The zero-order valence-corrected chi connectivity index (χ0v) is 16.1. The number of carbonyl (C=O) groups is 2. The highest BCUT2D eigenvalue weighted by atomic mass is 16.6. The average Bonchev–Trinajstić information content (AvgIpc) is 2.98. The van der Waals surface area contributed by atoms with Crippen LogP contribution in [0.1, 0.15) is 22.8 Å². The fourth-order valence-electron chi connectivity index (χ4n) is 2.62. The second-order valence-corrected chi connectivity index (χ2v) is 6.20. The maximum absolute atomic E-state index is 12.6. The number of methoxy groups -OCH3 is 1. The lowest BCUT2D eigenvalue weighted by Crippen LogP contribution is -2.25. The molecule has 2 aromatic carbocycles. The number of Topliss-reactive ketones (excluding diaryl/α,β-unsaturated/α-hetero) is 1. The summed E-state index contributed by atoms with van der Waals surface area (Å²) in [5.41, 5.74) is 1.15. The Balaban J connectivity index is 1.85. The zero-order chi connectivity index (χ0) is 20.3. The maximum Gasteiger partial charge on any atom is 0.414 e. The number of carbonyl (C=O) groups excluding carboxylic acids is 2. The number of nitrogens with zero attached hydrogens (tertiary/aromatic N) is 1. The number of hydrogen-bond donors (Lipinski definition) is 0. The van der Waals surface area contributed by atoms with E-state index in [1.807, 2.05) is 6.92 Å². The lowest BCUT2D eigenvalue weighted by molar-refractivity contribution is 0.101. The lowest BCUT2D eigenvalue weighted by Gasteiger charge is -2.13. The van der Waals surface area contributed by atoms with Crippen LogP contribution in [0, 0.1) is 0 Å². The second kappa shape index (κ2) is 8.04. The minimum Gasteiger partial charge on any atom is -0.494 e. The van der Waals surface area contributed by atoms with Gasteiger partial charge in [-0.05, 0) is 42.8 Å². The van der Waals surface area contributed by atoms with Gasteiger partial charge in [0.15, 0.2) is 17.3 Å². The van der Waals surface area contributed by atoms with E-state index in [4.69, 9.17) is 18.9 Å². The average molecular weight is 383 g/mol. The molecule has 1 aliphatic heterocycles. The summed E-state index contributed by atoms with van der Waals surface area (Å²) < 4.78 is 21.7. The third-order valence-electron chi connectivity index (χ3n) is 4.00. The molecule has 1 aliphatic rings. The molecule has 0 bridgehead atoms. The first kappa shape index (κ1) is 19.3. The fourth-order valence-corrected chi connectivity index (χ4v) is 2.62. The van der Waals surface area contributed by atoms with Crippen LogP contribution in [-0.4, -0.2) is 44.6 Å². The minimum absolute atomic E-state index is 0.198. The Hall–Kier alpha value is -3.48. The topological polar surface area (TPSA) is 74.3 Å². The van der Waals surface area contributed by atoms with Gasteiger partial charge in [-0.15, -0.1) is 0 Å². The molecule has 7 nitrogen and oxygen atoms in total. The van der Waals surface area contributed by atoms with E-state index in [0.29, 0.717) is 35.0 Å². The number of hydrogen-bond acceptors (Lipinski definition) is 6. The van der Waals surface area contributed by atoms with E-state index in [9.17, 15) is 9.59 Å². The molecule has 2 aromatic rings. The number of benzene rings is 2. The number of ether oxygens (including phenoxy) is 4. The van der Waals surface area contributed by atoms with Crippen LogP contribution < -0.4 is 18.9 Å². The molecule has 0 atom stereocenters. The summed E-state index contributed by atoms with van der Waals surface area (Å²) in [7, 11) is 4.65. The van der Waals surface area contributed by atoms with Crippen LogP contribution in [0.5, 0.6) is 23.0 Å². The van der Waals surface area contributed by atoms with Crippen LogP contribution in [0.3, 0.4) is 0 Å². The van der Waals surface area contributed by atoms with Gasteiger partial charge in [-0.3, -0.25) is 4.79 Å². The molecule has 0 saturated carbocycles.